The number of carbonyl (C=O) groups is 5. The van der Waals surface area contributed by atoms with Gasteiger partial charge in [-0.05, 0) is 193 Å². The minimum Gasteiger partial charge on any atom is -0.381 e. The Morgan fingerprint density at radius 2 is 0.699 bits per heavy atom. The SMILES string of the molecule is C[C@H]1COCCN1Cc1ccc2c(-c3cnn(C)c3)cc(C(N)=O)nc2c1.Cn1cc(-c2cc(C(N)=O)nc3cc(CN4CCOCC4(C)C)ccc23)cn1.Cn1cc(-c2cc(C(N)=O)nc3cc(CN4CCO[C@@H](C(F)(F)F)C4)ccc23)cn1.Cn1cc(-c2cc(C(N)=O)nc3cc(CN4CCO[C@H](C(F)(F)F)C4)ccc23)cn1.NC(=O)c1cc(-c2ccc(F)cc2)c2ccc(CN3CCC4(CCOC4)CC3)cc2n1. The fourth-order valence-corrected chi connectivity index (χ4v) is 19.3. The molecule has 3 atom stereocenters. The van der Waals surface area contributed by atoms with Gasteiger partial charge in [0, 0.05) is 192 Å². The highest BCUT2D eigenvalue weighted by atomic mass is 19.4. The van der Waals surface area contributed by atoms with Crippen LogP contribution in [0.2, 0.25) is 0 Å². The third-order valence-corrected chi connectivity index (χ3v) is 27.3. The number of halogens is 7. The molecule has 0 saturated carbocycles. The van der Waals surface area contributed by atoms with E-state index in [1.165, 1.54) is 31.4 Å². The van der Waals surface area contributed by atoms with Crippen LogP contribution in [0, 0.1) is 11.2 Å². The minimum absolute atomic E-state index is 0.0173. The standard InChI is InChI=1S/C25H26FN3O2.C21H25N5O2.2C20H20F3N5O2.C20H23N5O2/c26-19-4-2-18(3-5-19)21-14-23(24(27)30)28-22-13-17(1-6-20(21)22)15-29-10-7-25(8-11-29)9-12-31-16-25;1-21(2)13-28-7-6-26(21)11-14-4-5-16-17(15-10-23-25(3)12-15)9-19(20(22)27)24-18(16)8-14;2*1-27-10-13(8-25-27)15-7-17(19(24)29)26-16-6-12(2-3-14(15)16)9-28-4-5-30-18(11-28)20(21,22)23;1-13-12-27-6-5-25(13)10-14-3-4-16-17(15-9-22-24(2)11-15)8-19(20(21)26)23-18(16)7-14/h1-6,13-14H,7-12,15-16H2,(H2,27,30);4-5,8-10,12H,6-7,11,13H2,1-3H3,(H2,22,27);2*2-3,6-8,10,18H,4-5,9,11H2,1H3,(H2,24,29);3-4,7-9,11,13H,5-6,10,12H2,1-2H3,(H2,21,26)/t;;2*18-;13-/m..100/s1. The Kier molecular flexibility index (Phi) is 31.0. The van der Waals surface area contributed by atoms with Crippen LogP contribution < -0.4 is 28.7 Å². The lowest BCUT2D eigenvalue weighted by atomic mass is 9.78. The zero-order valence-electron chi connectivity index (χ0n) is 81.8. The maximum absolute atomic E-state index is 13.4. The molecule has 21 rings (SSSR count). The van der Waals surface area contributed by atoms with Gasteiger partial charge in [0.25, 0.3) is 29.5 Å². The van der Waals surface area contributed by atoms with E-state index in [4.69, 9.17) is 52.4 Å². The Bertz CT molecular complexity index is 7160. The molecule has 40 heteroatoms. The van der Waals surface area contributed by atoms with Crippen molar-refractivity contribution in [2.24, 2.45) is 62.3 Å². The number of alkyl halides is 6. The van der Waals surface area contributed by atoms with Crippen molar-refractivity contribution in [2.75, 3.05) is 105 Å². The zero-order valence-corrected chi connectivity index (χ0v) is 81.8. The van der Waals surface area contributed by atoms with Crippen molar-refractivity contribution in [3.8, 4) is 55.6 Å². The smallest absolute Gasteiger partial charge is 0.381 e. The second-order valence-electron chi connectivity index (χ2n) is 38.5. The van der Waals surface area contributed by atoms with Crippen molar-refractivity contribution in [1.29, 1.82) is 0 Å². The number of hydrogen-bond donors (Lipinski definition) is 5. The van der Waals surface area contributed by atoms with E-state index >= 15 is 0 Å². The number of nitrogens with zero attached hydrogens (tertiary/aromatic N) is 18. The number of aryl methyl sites for hydroxylation is 4. The highest BCUT2D eigenvalue weighted by molar-refractivity contribution is 6.05. The summed E-state index contributed by atoms with van der Waals surface area (Å²) < 4.78 is 125. The number of nitrogens with two attached hydrogens (primary N) is 5. The van der Waals surface area contributed by atoms with E-state index in [-0.39, 0.29) is 66.1 Å². The predicted octanol–water partition coefficient (Wildman–Crippen LogP) is 13.4. The molecule has 1 spiro atoms. The van der Waals surface area contributed by atoms with Gasteiger partial charge in [-0.3, -0.25) is 67.2 Å². The molecule has 15 aromatic rings. The van der Waals surface area contributed by atoms with Crippen LogP contribution in [0.3, 0.4) is 0 Å². The number of benzene rings is 6. The average molecular weight is 2000 g/mol. The van der Waals surface area contributed by atoms with E-state index in [1.807, 2.05) is 87.4 Å². The summed E-state index contributed by atoms with van der Waals surface area (Å²) in [5.74, 6) is -3.26. The van der Waals surface area contributed by atoms with E-state index in [1.54, 1.807) is 122 Å². The summed E-state index contributed by atoms with van der Waals surface area (Å²) in [6.07, 6.45) is 5.58. The second kappa shape index (κ2) is 43.9. The lowest BCUT2D eigenvalue weighted by molar-refractivity contribution is -0.238. The lowest BCUT2D eigenvalue weighted by Crippen LogP contribution is -2.52. The van der Waals surface area contributed by atoms with E-state index in [0.717, 1.165) is 212 Å². The van der Waals surface area contributed by atoms with Crippen LogP contribution in [0.1, 0.15) is 120 Å². The number of carbonyl (C=O) groups excluding carboxylic acids is 5. The Balaban J connectivity index is 0.000000125. The van der Waals surface area contributed by atoms with E-state index in [9.17, 15) is 54.7 Å². The molecule has 15 heterocycles. The molecule has 146 heavy (non-hydrogen) atoms. The third-order valence-electron chi connectivity index (χ3n) is 27.3. The van der Waals surface area contributed by atoms with Gasteiger partial charge in [-0.15, -0.1) is 0 Å². The maximum atomic E-state index is 13.4. The number of hydrogen-bond acceptors (Lipinski definition) is 24. The molecule has 6 fully saturated rings. The topological polar surface area (TPSA) is 414 Å². The van der Waals surface area contributed by atoms with Gasteiger partial charge in [0.2, 0.25) is 0 Å². The Morgan fingerprint density at radius 3 is 1.01 bits per heavy atom. The number of piperidine rings is 1. The summed E-state index contributed by atoms with van der Waals surface area (Å²) in [7, 11) is 7.31. The molecule has 6 aliphatic heterocycles. The second-order valence-corrected chi connectivity index (χ2v) is 38.5. The molecule has 0 bridgehead atoms. The van der Waals surface area contributed by atoms with Crippen LogP contribution in [0.4, 0.5) is 30.7 Å². The number of fused-ring (bicyclic) bond motifs is 5. The van der Waals surface area contributed by atoms with E-state index < -0.39 is 54.1 Å². The van der Waals surface area contributed by atoms with Gasteiger partial charge in [0.05, 0.1) is 98.6 Å². The predicted molar refractivity (Wildman–Crippen MR) is 536 cm³/mol. The van der Waals surface area contributed by atoms with Crippen LogP contribution >= 0.6 is 0 Å². The van der Waals surface area contributed by atoms with Crippen LogP contribution in [0.25, 0.3) is 110 Å². The molecular weight excluding hydrogens is 1890 g/mol. The summed E-state index contributed by atoms with van der Waals surface area (Å²) in [6.45, 7) is 18.8. The first kappa shape index (κ1) is 103. The summed E-state index contributed by atoms with van der Waals surface area (Å²) in [4.78, 5) is 92.0. The first-order valence-corrected chi connectivity index (χ1v) is 47.9. The Hall–Kier alpha value is -14.3. The Morgan fingerprint density at radius 1 is 0.370 bits per heavy atom. The van der Waals surface area contributed by atoms with Gasteiger partial charge < -0.3 is 52.4 Å². The molecule has 6 aliphatic rings. The molecule has 0 aliphatic carbocycles. The molecular formula is C106H114F7N23O10. The van der Waals surface area contributed by atoms with Gasteiger partial charge in [-0.2, -0.15) is 46.7 Å². The largest absolute Gasteiger partial charge is 0.415 e. The minimum atomic E-state index is -4.39. The van der Waals surface area contributed by atoms with Gasteiger partial charge in [-0.25, -0.2) is 29.3 Å². The molecule has 0 unspecified atom stereocenters. The van der Waals surface area contributed by atoms with Crippen LogP contribution in [0.5, 0.6) is 0 Å². The van der Waals surface area contributed by atoms with Crippen molar-refractivity contribution in [3.05, 3.63) is 257 Å². The van der Waals surface area contributed by atoms with Gasteiger partial charge >= 0.3 is 12.4 Å². The quantitative estimate of drug-likeness (QED) is 0.0442. The van der Waals surface area contributed by atoms with Crippen LogP contribution in [-0.2, 0) is 84.6 Å². The van der Waals surface area contributed by atoms with Crippen LogP contribution in [0.15, 0.2) is 195 Å². The summed E-state index contributed by atoms with van der Waals surface area (Å²) in [5.41, 5.74) is 45.7. The monoisotopic (exact) mass is 2000 g/mol. The molecule has 0 radical (unpaired) electrons. The number of rotatable bonds is 20. The van der Waals surface area contributed by atoms with Gasteiger partial charge in [0.15, 0.2) is 12.2 Å². The fraction of sp³-hybridized carbons (Fsp3) is 0.358. The van der Waals surface area contributed by atoms with Crippen molar-refractivity contribution in [2.45, 2.75) is 109 Å². The van der Waals surface area contributed by atoms with Gasteiger partial charge in [0.1, 0.15) is 34.3 Å². The highest BCUT2D eigenvalue weighted by Gasteiger charge is 2.45. The molecule has 6 saturated heterocycles. The number of amides is 5. The van der Waals surface area contributed by atoms with Crippen LogP contribution in [-0.4, -0.2) is 259 Å². The number of primary amides is 5. The zero-order chi connectivity index (χ0) is 103. The normalized spacial score (nSPS) is 18.0. The van der Waals surface area contributed by atoms with Gasteiger partial charge in [-0.1, -0.05) is 72.8 Å². The maximum Gasteiger partial charge on any atom is 0.415 e. The molecule has 5 amide bonds. The van der Waals surface area contributed by atoms with Crippen molar-refractivity contribution >= 4 is 84.1 Å². The van der Waals surface area contributed by atoms with E-state index in [2.05, 4.69) is 111 Å². The third kappa shape index (κ3) is 24.7. The Labute approximate surface area is 836 Å². The van der Waals surface area contributed by atoms with E-state index in [0.29, 0.717) is 48.7 Å². The molecule has 9 aromatic heterocycles. The van der Waals surface area contributed by atoms with Crippen molar-refractivity contribution < 1.29 is 78.4 Å². The molecule has 10 N–H and O–H groups in total. The average Bonchev–Trinajstić information content (AvgIpc) is 1.68. The number of aromatic nitrogens is 13. The first-order valence-electron chi connectivity index (χ1n) is 47.9. The molecule has 33 nitrogen and oxygen atoms in total. The number of pyridine rings is 5. The highest BCUT2D eigenvalue weighted by Crippen LogP contribution is 2.42. The summed E-state index contributed by atoms with van der Waals surface area (Å²) >= 11 is 0. The summed E-state index contributed by atoms with van der Waals surface area (Å²) in [6, 6.07) is 44.7. The number of ether oxygens (including phenoxy) is 5. The van der Waals surface area contributed by atoms with Crippen molar-refractivity contribution in [1.82, 2.24) is 88.5 Å². The number of morpholine rings is 4. The lowest BCUT2D eigenvalue weighted by Gasteiger charge is -2.42. The first-order chi connectivity index (χ1) is 69.8. The molecule has 6 aromatic carbocycles. The number of likely N-dealkylation sites (tertiary alicyclic amines) is 1. The molecule has 762 valence electrons. The van der Waals surface area contributed by atoms with Crippen molar-refractivity contribution in [3.63, 3.8) is 0 Å². The summed E-state index contributed by atoms with van der Waals surface area (Å²) in [5, 5.41) is 21.3. The fourth-order valence-electron chi connectivity index (χ4n) is 19.3.